The first-order chi connectivity index (χ1) is 26.7. The molecule has 2 heterocycles. The van der Waals surface area contributed by atoms with Crippen LogP contribution in [0, 0.1) is 23.5 Å². The van der Waals surface area contributed by atoms with Gasteiger partial charge in [-0.2, -0.15) is 8.42 Å². The van der Waals surface area contributed by atoms with Crippen LogP contribution in [0.4, 0.5) is 13.6 Å². The average Bonchev–Trinajstić information content (AvgIpc) is 3.42. The van der Waals surface area contributed by atoms with Gasteiger partial charge < -0.3 is 24.8 Å². The monoisotopic (exact) mass is 883 g/mol. The standard InChI is InChI=1S/C39H49BrF2N3O9PS/c1-3-52-55(49,24-31-32(41)15-10-16-33(31)42)39-22-26(39)12-7-5-4-6-11-25(2)35(43-38(48)53-28-13-8-9-14-28)37(47)45-23-29(21-34(45)36(46)44-39)54-56(50,51)30-19-17-27(40)18-20-30/h7,10,12,15-20,25-26,28-29,34-35H,3-6,8-9,11,13-14,21-24H2,1-2H3,(H,43,48)(H,44,46)/b12-7-/t25-,26+,29+,34+,35+,39+,55?/m1/s1. The molecule has 17 heteroatoms. The van der Waals surface area contributed by atoms with E-state index in [2.05, 4.69) is 26.6 Å². The number of fused-ring (bicyclic) bond motifs is 2. The summed E-state index contributed by atoms with van der Waals surface area (Å²) in [6.45, 7) is 3.02. The van der Waals surface area contributed by atoms with Crippen molar-refractivity contribution in [2.45, 2.75) is 119 Å². The fraction of sp³-hybridized carbons (Fsp3) is 0.564. The van der Waals surface area contributed by atoms with E-state index >= 15 is 13.3 Å². The second-order valence-corrected chi connectivity index (χ2v) is 20.4. The molecule has 0 spiro atoms. The second-order valence-electron chi connectivity index (χ2n) is 15.2. The van der Waals surface area contributed by atoms with Gasteiger partial charge in [0.05, 0.1) is 23.8 Å². The van der Waals surface area contributed by atoms with Gasteiger partial charge in [-0.1, -0.05) is 47.5 Å². The Bertz CT molecular complexity index is 1950. The fourth-order valence-corrected chi connectivity index (χ4v) is 12.5. The van der Waals surface area contributed by atoms with Crippen molar-refractivity contribution in [2.75, 3.05) is 13.2 Å². The molecule has 12 nitrogen and oxygen atoms in total. The predicted molar refractivity (Wildman–Crippen MR) is 207 cm³/mol. The molecule has 3 amide bonds. The van der Waals surface area contributed by atoms with Gasteiger partial charge in [0.25, 0.3) is 10.1 Å². The van der Waals surface area contributed by atoms with Gasteiger partial charge in [0, 0.05) is 28.9 Å². The molecule has 2 aromatic rings. The summed E-state index contributed by atoms with van der Waals surface area (Å²) in [5.74, 6) is -4.16. The van der Waals surface area contributed by atoms with Crippen LogP contribution >= 0.6 is 23.3 Å². The van der Waals surface area contributed by atoms with Gasteiger partial charge in [0.1, 0.15) is 35.1 Å². The number of nitrogens with zero attached hydrogens (tertiary/aromatic N) is 1. The Balaban J connectivity index is 1.36. The Morgan fingerprint density at radius 2 is 1.71 bits per heavy atom. The number of nitrogens with one attached hydrogen (secondary N) is 2. The van der Waals surface area contributed by atoms with Crippen LogP contribution in [0.25, 0.3) is 0 Å². The summed E-state index contributed by atoms with van der Waals surface area (Å²) in [4.78, 5) is 43.6. The number of carbonyl (C=O) groups excluding carboxylic acids is 3. The number of hydrogen-bond acceptors (Lipinski definition) is 9. The summed E-state index contributed by atoms with van der Waals surface area (Å²) in [6, 6.07) is 6.64. The summed E-state index contributed by atoms with van der Waals surface area (Å²) < 4.78 is 89.9. The van der Waals surface area contributed by atoms with Crippen LogP contribution < -0.4 is 10.6 Å². The third kappa shape index (κ3) is 9.41. The van der Waals surface area contributed by atoms with Crippen LogP contribution in [0.1, 0.15) is 83.6 Å². The molecule has 56 heavy (non-hydrogen) atoms. The highest BCUT2D eigenvalue weighted by molar-refractivity contribution is 9.10. The van der Waals surface area contributed by atoms with Crippen LogP contribution in [-0.2, 0) is 43.9 Å². The van der Waals surface area contributed by atoms with Crippen LogP contribution in [0.2, 0.25) is 0 Å². The predicted octanol–water partition coefficient (Wildman–Crippen LogP) is 7.55. The molecule has 1 unspecified atom stereocenters. The van der Waals surface area contributed by atoms with Crippen LogP contribution in [0.15, 0.2) is 64.0 Å². The van der Waals surface area contributed by atoms with Crippen molar-refractivity contribution in [1.29, 1.82) is 0 Å². The first kappa shape index (κ1) is 42.4. The SMILES string of the molecule is CCOP(=O)(Cc1c(F)cccc1F)[C@@]12C[C@@H]1/C=C\CCCC[C@@H](C)[C@H](NC(=O)OC1CCCC1)C(=O)N1C[C@@H](OS(=O)(=O)c3ccc(Br)cc3)C[C@H]1C(=O)N2. The minimum atomic E-state index is -4.37. The first-order valence-corrected chi connectivity index (χ1v) is 23.3. The van der Waals surface area contributed by atoms with Gasteiger partial charge in [-0.15, -0.1) is 0 Å². The molecule has 2 saturated carbocycles. The van der Waals surface area contributed by atoms with E-state index in [1.165, 1.54) is 35.2 Å². The zero-order valence-electron chi connectivity index (χ0n) is 31.5. The van der Waals surface area contributed by atoms with E-state index in [0.29, 0.717) is 36.6 Å². The molecule has 0 bridgehead atoms. The van der Waals surface area contributed by atoms with Gasteiger partial charge >= 0.3 is 6.09 Å². The number of alkyl carbamates (subject to hydrolysis) is 1. The van der Waals surface area contributed by atoms with E-state index in [1.54, 1.807) is 6.92 Å². The van der Waals surface area contributed by atoms with E-state index in [4.69, 9.17) is 13.4 Å². The summed E-state index contributed by atoms with van der Waals surface area (Å²) in [7, 11) is -8.52. The lowest BCUT2D eigenvalue weighted by Crippen LogP contribution is -2.57. The smallest absolute Gasteiger partial charge is 0.408 e. The summed E-state index contributed by atoms with van der Waals surface area (Å²) in [6.07, 6.45) is 6.63. The highest BCUT2D eigenvalue weighted by Gasteiger charge is 2.67. The van der Waals surface area contributed by atoms with Crippen molar-refractivity contribution in [2.24, 2.45) is 11.8 Å². The lowest BCUT2D eigenvalue weighted by atomic mass is 9.94. The van der Waals surface area contributed by atoms with E-state index in [9.17, 15) is 22.8 Å². The molecule has 2 aliphatic carbocycles. The zero-order chi connectivity index (χ0) is 40.3. The van der Waals surface area contributed by atoms with Crippen molar-refractivity contribution < 1.29 is 49.6 Å². The van der Waals surface area contributed by atoms with Crippen molar-refractivity contribution >= 4 is 51.3 Å². The van der Waals surface area contributed by atoms with Crippen molar-refractivity contribution in [3.8, 4) is 0 Å². The summed E-state index contributed by atoms with van der Waals surface area (Å²) >= 11 is 3.29. The number of benzene rings is 2. The van der Waals surface area contributed by atoms with E-state index in [1.807, 2.05) is 19.1 Å². The third-order valence-electron chi connectivity index (χ3n) is 11.2. The summed E-state index contributed by atoms with van der Waals surface area (Å²) in [5.41, 5.74) is -0.435. The van der Waals surface area contributed by atoms with E-state index < -0.39 is 94.1 Å². The molecule has 0 aromatic heterocycles. The third-order valence-corrected chi connectivity index (χ3v) is 16.4. The van der Waals surface area contributed by atoms with Crippen LogP contribution in [0.3, 0.4) is 0 Å². The molecular formula is C39H49BrF2N3O9PS. The highest BCUT2D eigenvalue weighted by atomic mass is 79.9. The Morgan fingerprint density at radius 3 is 2.39 bits per heavy atom. The molecule has 4 aliphatic rings. The number of carbonyl (C=O) groups is 3. The molecule has 2 N–H and O–H groups in total. The van der Waals surface area contributed by atoms with Crippen molar-refractivity contribution in [1.82, 2.24) is 15.5 Å². The topological polar surface area (TPSA) is 157 Å². The Labute approximate surface area is 335 Å². The largest absolute Gasteiger partial charge is 0.446 e. The molecular weight excluding hydrogens is 835 g/mol. The minimum Gasteiger partial charge on any atom is -0.446 e. The maximum absolute atomic E-state index is 15.0. The lowest BCUT2D eigenvalue weighted by molar-refractivity contribution is -0.141. The average molecular weight is 885 g/mol. The Hall–Kier alpha value is -3.17. The zero-order valence-corrected chi connectivity index (χ0v) is 34.8. The van der Waals surface area contributed by atoms with Gasteiger partial charge in [-0.05, 0) is 101 Å². The normalized spacial score (nSPS) is 29.2. The van der Waals surface area contributed by atoms with E-state index in [0.717, 1.165) is 31.4 Å². The van der Waals surface area contributed by atoms with Crippen LogP contribution in [-0.4, -0.2) is 73.9 Å². The molecule has 7 atom stereocenters. The number of amides is 3. The number of allylic oxidation sites excluding steroid dienone is 1. The van der Waals surface area contributed by atoms with Crippen molar-refractivity contribution in [3.63, 3.8) is 0 Å². The van der Waals surface area contributed by atoms with Gasteiger partial charge in [0.15, 0.2) is 0 Å². The van der Waals surface area contributed by atoms with E-state index in [-0.39, 0.29) is 37.0 Å². The Morgan fingerprint density at radius 1 is 1.04 bits per heavy atom. The molecule has 306 valence electrons. The summed E-state index contributed by atoms with van der Waals surface area (Å²) in [5, 5.41) is 4.09. The second kappa shape index (κ2) is 17.8. The van der Waals surface area contributed by atoms with Gasteiger partial charge in [0.2, 0.25) is 19.2 Å². The number of rotatable bonds is 10. The molecule has 2 aromatic carbocycles. The highest BCUT2D eigenvalue weighted by Crippen LogP contribution is 2.74. The molecule has 6 rings (SSSR count). The number of ether oxygens (including phenoxy) is 1. The quantitative estimate of drug-likeness (QED) is 0.140. The molecule has 1 saturated heterocycles. The van der Waals surface area contributed by atoms with Crippen LogP contribution in [0.5, 0.6) is 0 Å². The number of halogens is 3. The van der Waals surface area contributed by atoms with Gasteiger partial charge in [-0.25, -0.2) is 13.6 Å². The maximum atomic E-state index is 15.0. The lowest BCUT2D eigenvalue weighted by Gasteiger charge is -2.34. The fourth-order valence-electron chi connectivity index (χ4n) is 8.12. The van der Waals surface area contributed by atoms with Crippen molar-refractivity contribution in [3.05, 3.63) is 76.3 Å². The Kier molecular flexibility index (Phi) is 13.5. The van der Waals surface area contributed by atoms with Gasteiger partial charge in [-0.3, -0.25) is 18.3 Å². The molecule has 0 radical (unpaired) electrons. The first-order valence-electron chi connectivity index (χ1n) is 19.3. The minimum absolute atomic E-state index is 0.0819. The maximum Gasteiger partial charge on any atom is 0.408 e. The number of hydrogen-bond donors (Lipinski definition) is 2. The molecule has 3 fully saturated rings. The molecule has 2 aliphatic heterocycles.